The van der Waals surface area contributed by atoms with E-state index in [1.807, 2.05) is 17.5 Å². The largest absolute Gasteiger partial charge is 0.497 e. The molecule has 0 fully saturated rings. The Labute approximate surface area is 198 Å². The lowest BCUT2D eigenvalue weighted by molar-refractivity contribution is -0.139. The van der Waals surface area contributed by atoms with Crippen molar-refractivity contribution in [2.75, 3.05) is 30.5 Å². The van der Waals surface area contributed by atoms with Crippen LogP contribution in [0.2, 0.25) is 0 Å². The number of anilines is 2. The van der Waals surface area contributed by atoms with E-state index in [1.165, 1.54) is 15.9 Å². The number of carbonyl (C=O) groups is 2. The highest BCUT2D eigenvalue weighted by molar-refractivity contribution is 7.99. The van der Waals surface area contributed by atoms with Gasteiger partial charge in [0.05, 0.1) is 25.0 Å². The van der Waals surface area contributed by atoms with Gasteiger partial charge in [-0.05, 0) is 31.5 Å². The number of thiophene rings is 1. The average Bonchev–Trinajstić information content (AvgIpc) is 3.40. The van der Waals surface area contributed by atoms with Crippen molar-refractivity contribution < 1.29 is 19.1 Å². The number of ether oxygens (including phenoxy) is 2. The van der Waals surface area contributed by atoms with Crippen molar-refractivity contribution in [2.45, 2.75) is 25.0 Å². The quantitative estimate of drug-likeness (QED) is 0.343. The highest BCUT2D eigenvalue weighted by Crippen LogP contribution is 2.36. The zero-order chi connectivity index (χ0) is 24.0. The molecular weight excluding hydrogens is 464 g/mol. The molecule has 3 rings (SSSR count). The Morgan fingerprint density at radius 1 is 1.33 bits per heavy atom. The summed E-state index contributed by atoms with van der Waals surface area (Å²) in [6.07, 6.45) is 0. The van der Waals surface area contributed by atoms with Crippen LogP contribution in [0.15, 0.2) is 34.8 Å². The van der Waals surface area contributed by atoms with Crippen LogP contribution in [-0.4, -0.2) is 46.1 Å². The smallest absolute Gasteiger partial charge is 0.316 e. The standard InChI is InChI=1S/C21H22N6O4S2/c1-4-31-17(28)11-33-21-26-25-20(23)27(21)12(2)18(29)24-19-15(9-22)16(10-32-19)13-5-7-14(30-3)8-6-13/h5-8,10,12H,4,11H2,1-3H3,(H2,23,25)(H,24,29). The van der Waals surface area contributed by atoms with Crippen molar-refractivity contribution in [3.63, 3.8) is 0 Å². The fourth-order valence-electron chi connectivity index (χ4n) is 2.95. The maximum Gasteiger partial charge on any atom is 0.316 e. The van der Waals surface area contributed by atoms with Gasteiger partial charge in [0.25, 0.3) is 0 Å². The van der Waals surface area contributed by atoms with Crippen molar-refractivity contribution in [2.24, 2.45) is 0 Å². The number of nitrogens with two attached hydrogens (primary N) is 1. The first-order valence-electron chi connectivity index (χ1n) is 9.85. The van der Waals surface area contributed by atoms with Gasteiger partial charge in [-0.25, -0.2) is 0 Å². The Morgan fingerprint density at radius 2 is 2.06 bits per heavy atom. The maximum absolute atomic E-state index is 13.0. The summed E-state index contributed by atoms with van der Waals surface area (Å²) < 4.78 is 11.5. The van der Waals surface area contributed by atoms with Gasteiger partial charge >= 0.3 is 5.97 Å². The molecule has 172 valence electrons. The van der Waals surface area contributed by atoms with Crippen LogP contribution in [-0.2, 0) is 14.3 Å². The summed E-state index contributed by atoms with van der Waals surface area (Å²) in [5.41, 5.74) is 7.82. The highest BCUT2D eigenvalue weighted by atomic mass is 32.2. The number of thioether (sulfide) groups is 1. The molecule has 0 aliphatic heterocycles. The molecule has 0 saturated heterocycles. The predicted molar refractivity (Wildman–Crippen MR) is 126 cm³/mol. The van der Waals surface area contributed by atoms with E-state index in [2.05, 4.69) is 21.6 Å². The number of hydrogen-bond donors (Lipinski definition) is 2. The molecule has 0 aliphatic rings. The molecule has 3 aromatic rings. The fourth-order valence-corrected chi connectivity index (χ4v) is 4.70. The number of carbonyl (C=O) groups excluding carboxylic acids is 2. The van der Waals surface area contributed by atoms with Crippen LogP contribution in [0.5, 0.6) is 5.75 Å². The first-order valence-corrected chi connectivity index (χ1v) is 11.7. The second-order valence-electron chi connectivity index (χ2n) is 6.66. The van der Waals surface area contributed by atoms with E-state index in [0.717, 1.165) is 17.3 Å². The molecule has 3 N–H and O–H groups in total. The summed E-state index contributed by atoms with van der Waals surface area (Å²) in [5, 5.41) is 22.9. The topological polar surface area (TPSA) is 145 Å². The Morgan fingerprint density at radius 3 is 2.70 bits per heavy atom. The van der Waals surface area contributed by atoms with Crippen molar-refractivity contribution in [3.05, 3.63) is 35.2 Å². The van der Waals surface area contributed by atoms with Gasteiger partial charge in [0.2, 0.25) is 11.9 Å². The molecule has 1 atom stereocenters. The van der Waals surface area contributed by atoms with Gasteiger partial charge in [-0.15, -0.1) is 21.5 Å². The van der Waals surface area contributed by atoms with E-state index in [0.29, 0.717) is 27.0 Å². The van der Waals surface area contributed by atoms with E-state index in [1.54, 1.807) is 33.1 Å². The summed E-state index contributed by atoms with van der Waals surface area (Å²) in [7, 11) is 1.58. The van der Waals surface area contributed by atoms with Crippen LogP contribution < -0.4 is 15.8 Å². The van der Waals surface area contributed by atoms with Gasteiger partial charge in [0, 0.05) is 10.9 Å². The second-order valence-corrected chi connectivity index (χ2v) is 8.49. The van der Waals surface area contributed by atoms with Crippen LogP contribution in [0.4, 0.5) is 10.9 Å². The Bertz CT molecular complexity index is 1180. The van der Waals surface area contributed by atoms with Gasteiger partial charge in [-0.2, -0.15) is 5.26 Å². The molecule has 0 bridgehead atoms. The minimum Gasteiger partial charge on any atom is -0.497 e. The summed E-state index contributed by atoms with van der Waals surface area (Å²) >= 11 is 2.33. The molecule has 12 heteroatoms. The van der Waals surface area contributed by atoms with Crippen LogP contribution in [0.3, 0.4) is 0 Å². The van der Waals surface area contributed by atoms with Crippen LogP contribution in [0.1, 0.15) is 25.5 Å². The number of amides is 1. The number of nitrogens with zero attached hydrogens (tertiary/aromatic N) is 4. The maximum atomic E-state index is 13.0. The van der Waals surface area contributed by atoms with Crippen LogP contribution in [0.25, 0.3) is 11.1 Å². The van der Waals surface area contributed by atoms with E-state index in [4.69, 9.17) is 15.2 Å². The molecule has 0 aliphatic carbocycles. The highest BCUT2D eigenvalue weighted by Gasteiger charge is 2.25. The number of hydrogen-bond acceptors (Lipinski definition) is 10. The third-order valence-electron chi connectivity index (χ3n) is 4.62. The molecule has 1 unspecified atom stereocenters. The second kappa shape index (κ2) is 10.8. The lowest BCUT2D eigenvalue weighted by Gasteiger charge is -2.16. The molecule has 0 spiro atoms. The molecule has 0 saturated carbocycles. The predicted octanol–water partition coefficient (Wildman–Crippen LogP) is 3.32. The monoisotopic (exact) mass is 486 g/mol. The van der Waals surface area contributed by atoms with Crippen molar-refractivity contribution in [3.8, 4) is 22.9 Å². The first kappa shape index (κ1) is 24.1. The summed E-state index contributed by atoms with van der Waals surface area (Å²) in [6, 6.07) is 8.69. The SMILES string of the molecule is CCOC(=O)CSc1nnc(N)n1C(C)C(=O)Nc1scc(-c2ccc(OC)cc2)c1C#N. The number of benzene rings is 1. The number of nitriles is 1. The van der Waals surface area contributed by atoms with Crippen LogP contribution in [0, 0.1) is 11.3 Å². The van der Waals surface area contributed by atoms with Gasteiger partial charge in [0.1, 0.15) is 22.9 Å². The van der Waals surface area contributed by atoms with Gasteiger partial charge in [-0.1, -0.05) is 23.9 Å². The zero-order valence-corrected chi connectivity index (χ0v) is 19.8. The molecule has 2 aromatic heterocycles. The number of methoxy groups -OCH3 is 1. The third kappa shape index (κ3) is 5.44. The molecule has 10 nitrogen and oxygen atoms in total. The molecule has 0 radical (unpaired) electrons. The summed E-state index contributed by atoms with van der Waals surface area (Å²) in [4.78, 5) is 24.6. The Balaban J connectivity index is 1.78. The molecule has 2 heterocycles. The van der Waals surface area contributed by atoms with E-state index in [9.17, 15) is 14.9 Å². The average molecular weight is 487 g/mol. The van der Waals surface area contributed by atoms with Crippen molar-refractivity contribution >= 4 is 45.9 Å². The summed E-state index contributed by atoms with van der Waals surface area (Å²) in [6.45, 7) is 3.62. The van der Waals surface area contributed by atoms with Gasteiger partial charge < -0.3 is 20.5 Å². The molecule has 33 heavy (non-hydrogen) atoms. The fraction of sp³-hybridized carbons (Fsp3) is 0.286. The van der Waals surface area contributed by atoms with Crippen LogP contribution >= 0.6 is 23.1 Å². The van der Waals surface area contributed by atoms with E-state index < -0.39 is 17.9 Å². The Kier molecular flexibility index (Phi) is 7.92. The number of nitrogen functional groups attached to an aromatic ring is 1. The zero-order valence-electron chi connectivity index (χ0n) is 18.2. The van der Waals surface area contributed by atoms with E-state index >= 15 is 0 Å². The first-order chi connectivity index (χ1) is 15.9. The normalized spacial score (nSPS) is 11.5. The van der Waals surface area contributed by atoms with Crippen molar-refractivity contribution in [1.82, 2.24) is 14.8 Å². The number of nitrogens with one attached hydrogen (secondary N) is 1. The van der Waals surface area contributed by atoms with Crippen molar-refractivity contribution in [1.29, 1.82) is 5.26 Å². The number of aromatic nitrogens is 3. The molecule has 1 aromatic carbocycles. The number of esters is 1. The minimum atomic E-state index is -0.789. The summed E-state index contributed by atoms with van der Waals surface area (Å²) in [5.74, 6) is -0.0579. The lowest BCUT2D eigenvalue weighted by atomic mass is 10.0. The Hall–Kier alpha value is -3.56. The van der Waals surface area contributed by atoms with Gasteiger partial charge in [-0.3, -0.25) is 14.2 Å². The minimum absolute atomic E-state index is 0.00897. The van der Waals surface area contributed by atoms with E-state index in [-0.39, 0.29) is 18.3 Å². The third-order valence-corrected chi connectivity index (χ3v) is 6.43. The number of rotatable bonds is 9. The molecular formula is C21H22N6O4S2. The van der Waals surface area contributed by atoms with Gasteiger partial charge in [0.15, 0.2) is 5.16 Å². The molecule has 1 amide bonds. The lowest BCUT2D eigenvalue weighted by Crippen LogP contribution is -2.25.